The van der Waals surface area contributed by atoms with Crippen LogP contribution in [0.15, 0.2) is 41.0 Å². The molecule has 0 amide bonds. The second-order valence-corrected chi connectivity index (χ2v) is 14.9. The molecule has 0 spiro atoms. The van der Waals surface area contributed by atoms with Crippen molar-refractivity contribution in [2.75, 3.05) is 7.11 Å². The minimum absolute atomic E-state index is 0.131. The number of hydrogen-bond donors (Lipinski definition) is 0. The first kappa shape index (κ1) is 19.8. The zero-order valence-corrected chi connectivity index (χ0v) is 19.6. The first-order chi connectivity index (χ1) is 13.0. The van der Waals surface area contributed by atoms with Gasteiger partial charge in [0.15, 0.2) is 5.75 Å². The summed E-state index contributed by atoms with van der Waals surface area (Å²) in [5.74, 6) is 2.24. The van der Waals surface area contributed by atoms with E-state index in [1.807, 2.05) is 6.07 Å². The molecule has 4 aliphatic rings. The van der Waals surface area contributed by atoms with E-state index in [0.29, 0.717) is 5.92 Å². The summed E-state index contributed by atoms with van der Waals surface area (Å²) >= 11 is 0. The molecule has 2 saturated heterocycles. The van der Waals surface area contributed by atoms with Crippen LogP contribution in [0.4, 0.5) is 0 Å². The summed E-state index contributed by atoms with van der Waals surface area (Å²) in [5, 5.41) is 0.131. The Morgan fingerprint density at radius 1 is 1.18 bits per heavy atom. The third-order valence-electron chi connectivity index (χ3n) is 7.48. The highest BCUT2D eigenvalue weighted by atomic mass is 28.4. The molecule has 2 aliphatic carbocycles. The lowest BCUT2D eigenvalue weighted by Crippen LogP contribution is -2.44. The van der Waals surface area contributed by atoms with E-state index in [2.05, 4.69) is 65.9 Å². The van der Waals surface area contributed by atoms with Crippen LogP contribution >= 0.6 is 0 Å². The van der Waals surface area contributed by atoms with Gasteiger partial charge in [-0.2, -0.15) is 0 Å². The molecule has 2 aliphatic heterocycles. The zero-order valence-electron chi connectivity index (χ0n) is 18.6. The predicted molar refractivity (Wildman–Crippen MR) is 117 cm³/mol. The van der Waals surface area contributed by atoms with Crippen LogP contribution in [-0.4, -0.2) is 21.5 Å². The standard InChI is InChI=1S/C24H34O3Si/c1-15-9-11-18-21-14-24(26-21,22(18)16(15)2)17-10-12-19(25-6)20(13-17)27-28(7,8)23(3,4)5/h10-13,15,21H,9,14H2,1-8H3. The van der Waals surface area contributed by atoms with Gasteiger partial charge in [-0.3, -0.25) is 0 Å². The van der Waals surface area contributed by atoms with Gasteiger partial charge in [0.2, 0.25) is 0 Å². The normalized spacial score (nSPS) is 29.2. The first-order valence-corrected chi connectivity index (χ1v) is 13.4. The van der Waals surface area contributed by atoms with Crippen molar-refractivity contribution >= 4 is 8.32 Å². The molecule has 1 aromatic carbocycles. The molecule has 4 heteroatoms. The van der Waals surface area contributed by atoms with Crippen molar-refractivity contribution in [3.8, 4) is 11.5 Å². The Kier molecular flexibility index (Phi) is 4.40. The van der Waals surface area contributed by atoms with Gasteiger partial charge in [0.05, 0.1) is 13.2 Å². The molecule has 0 aromatic heterocycles. The minimum Gasteiger partial charge on any atom is -0.541 e. The van der Waals surface area contributed by atoms with Crippen molar-refractivity contribution in [2.24, 2.45) is 5.92 Å². The molecule has 5 rings (SSSR count). The van der Waals surface area contributed by atoms with Gasteiger partial charge in [-0.05, 0) is 66.2 Å². The largest absolute Gasteiger partial charge is 0.541 e. The van der Waals surface area contributed by atoms with Gasteiger partial charge in [0.1, 0.15) is 11.4 Å². The van der Waals surface area contributed by atoms with Crippen molar-refractivity contribution < 1.29 is 13.9 Å². The van der Waals surface area contributed by atoms with Crippen molar-refractivity contribution in [1.29, 1.82) is 0 Å². The Balaban J connectivity index is 1.77. The van der Waals surface area contributed by atoms with Crippen molar-refractivity contribution in [2.45, 2.75) is 77.3 Å². The van der Waals surface area contributed by atoms with Crippen LogP contribution in [0.25, 0.3) is 0 Å². The maximum Gasteiger partial charge on any atom is 0.250 e. The Morgan fingerprint density at radius 3 is 2.46 bits per heavy atom. The second-order valence-electron chi connectivity index (χ2n) is 10.2. The topological polar surface area (TPSA) is 27.7 Å². The maximum atomic E-state index is 6.66. The van der Waals surface area contributed by atoms with E-state index in [9.17, 15) is 0 Å². The Bertz CT molecular complexity index is 866. The molecule has 1 saturated carbocycles. The number of methoxy groups -OCH3 is 1. The van der Waals surface area contributed by atoms with Crippen LogP contribution in [0.5, 0.6) is 11.5 Å². The van der Waals surface area contributed by atoms with E-state index in [1.54, 1.807) is 7.11 Å². The van der Waals surface area contributed by atoms with Crippen LogP contribution in [0, 0.1) is 5.92 Å². The Hall–Kier alpha value is -1.52. The fourth-order valence-corrected chi connectivity index (χ4v) is 5.51. The van der Waals surface area contributed by atoms with Crippen LogP contribution in [0.2, 0.25) is 18.1 Å². The van der Waals surface area contributed by atoms with Gasteiger partial charge in [0, 0.05) is 6.42 Å². The van der Waals surface area contributed by atoms with Gasteiger partial charge < -0.3 is 13.9 Å². The molecule has 2 heterocycles. The number of ether oxygens (including phenoxy) is 2. The highest BCUT2D eigenvalue weighted by molar-refractivity contribution is 6.74. The lowest BCUT2D eigenvalue weighted by atomic mass is 9.78. The molecule has 3 nitrogen and oxygen atoms in total. The molecular weight excluding hydrogens is 364 g/mol. The van der Waals surface area contributed by atoms with E-state index >= 15 is 0 Å². The summed E-state index contributed by atoms with van der Waals surface area (Å²) < 4.78 is 18.8. The summed E-state index contributed by atoms with van der Waals surface area (Å²) in [6.07, 6.45) is 4.85. The van der Waals surface area contributed by atoms with Crippen LogP contribution in [-0.2, 0) is 10.3 Å². The highest BCUT2D eigenvalue weighted by Crippen LogP contribution is 2.63. The third kappa shape index (κ3) is 2.72. The van der Waals surface area contributed by atoms with Crippen LogP contribution in [0.1, 0.15) is 53.0 Å². The summed E-state index contributed by atoms with van der Waals surface area (Å²) in [6.45, 7) is 15.9. The summed E-state index contributed by atoms with van der Waals surface area (Å²) in [4.78, 5) is 0. The molecule has 152 valence electrons. The highest BCUT2D eigenvalue weighted by Gasteiger charge is 2.61. The smallest absolute Gasteiger partial charge is 0.250 e. The molecule has 2 bridgehead atoms. The van der Waals surface area contributed by atoms with E-state index in [0.717, 1.165) is 24.3 Å². The number of benzene rings is 1. The van der Waals surface area contributed by atoms with Gasteiger partial charge in [-0.1, -0.05) is 45.4 Å². The van der Waals surface area contributed by atoms with Crippen LogP contribution in [0.3, 0.4) is 0 Å². The van der Waals surface area contributed by atoms with E-state index in [1.165, 1.54) is 22.3 Å². The third-order valence-corrected chi connectivity index (χ3v) is 11.8. The molecule has 1 aromatic rings. The quantitative estimate of drug-likeness (QED) is 0.552. The number of rotatable bonds is 4. The first-order valence-electron chi connectivity index (χ1n) is 10.5. The molecular formula is C24H34O3Si. The molecule has 3 unspecified atom stereocenters. The Labute approximate surface area is 170 Å². The monoisotopic (exact) mass is 398 g/mol. The zero-order chi connectivity index (χ0) is 20.5. The molecule has 0 N–H and O–H groups in total. The average molecular weight is 399 g/mol. The fraction of sp³-hybridized carbons (Fsp3) is 0.583. The minimum atomic E-state index is -1.97. The van der Waals surface area contributed by atoms with E-state index < -0.39 is 8.32 Å². The molecule has 3 fully saturated rings. The lowest BCUT2D eigenvalue weighted by Gasteiger charge is -2.41. The number of hydrogen-bond acceptors (Lipinski definition) is 3. The molecule has 0 radical (unpaired) electrons. The van der Waals surface area contributed by atoms with Gasteiger partial charge in [-0.15, -0.1) is 0 Å². The predicted octanol–water partition coefficient (Wildman–Crippen LogP) is 6.36. The lowest BCUT2D eigenvalue weighted by molar-refractivity contribution is -0.138. The van der Waals surface area contributed by atoms with E-state index in [4.69, 9.17) is 13.9 Å². The van der Waals surface area contributed by atoms with Crippen molar-refractivity contribution in [3.63, 3.8) is 0 Å². The van der Waals surface area contributed by atoms with Gasteiger partial charge >= 0.3 is 0 Å². The summed E-state index contributed by atoms with van der Waals surface area (Å²) in [7, 11) is -0.255. The van der Waals surface area contributed by atoms with Crippen LogP contribution < -0.4 is 9.16 Å². The maximum absolute atomic E-state index is 6.66. The SMILES string of the molecule is COc1ccc(C23CC(O2)C2=CCC(C)C(C)=C23)cc1O[Si](C)(C)C(C)(C)C. The van der Waals surface area contributed by atoms with Crippen molar-refractivity contribution in [1.82, 2.24) is 0 Å². The fourth-order valence-electron chi connectivity index (χ4n) is 4.50. The average Bonchev–Trinajstić information content (AvgIpc) is 3.07. The van der Waals surface area contributed by atoms with Gasteiger partial charge in [-0.25, -0.2) is 0 Å². The molecule has 28 heavy (non-hydrogen) atoms. The summed E-state index contributed by atoms with van der Waals surface area (Å²) in [6, 6.07) is 6.39. The second kappa shape index (κ2) is 6.24. The van der Waals surface area contributed by atoms with E-state index in [-0.39, 0.29) is 16.7 Å². The van der Waals surface area contributed by atoms with Gasteiger partial charge in [0.25, 0.3) is 8.32 Å². The Morgan fingerprint density at radius 2 is 1.86 bits per heavy atom. The molecule has 3 atom stereocenters. The number of allylic oxidation sites excluding steroid dienone is 2. The van der Waals surface area contributed by atoms with Crippen molar-refractivity contribution in [3.05, 3.63) is 46.6 Å². The summed E-state index contributed by atoms with van der Waals surface area (Å²) in [5.41, 5.74) is 5.25.